The first kappa shape index (κ1) is 19.4. The summed E-state index contributed by atoms with van der Waals surface area (Å²) in [4.78, 5) is 0. The van der Waals surface area contributed by atoms with Gasteiger partial charge in [0.15, 0.2) is 17.3 Å². The Hall–Kier alpha value is -2.32. The van der Waals surface area contributed by atoms with Gasteiger partial charge in [-0.3, -0.25) is 5.10 Å². The summed E-state index contributed by atoms with van der Waals surface area (Å²) in [5, 5.41) is 7.00. The van der Waals surface area contributed by atoms with Gasteiger partial charge in [0, 0.05) is 10.9 Å². The molecule has 0 aliphatic rings. The predicted molar refractivity (Wildman–Crippen MR) is 111 cm³/mol. The molecule has 2 aromatic carbocycles. The lowest BCUT2D eigenvalue weighted by Gasteiger charge is -2.15. The van der Waals surface area contributed by atoms with Gasteiger partial charge in [0.05, 0.1) is 13.7 Å². The van der Waals surface area contributed by atoms with Crippen LogP contribution >= 0.6 is 28.1 Å². The minimum Gasteiger partial charge on any atom is -0.493 e. The van der Waals surface area contributed by atoms with E-state index >= 15 is 0 Å². The van der Waals surface area contributed by atoms with Gasteiger partial charge in [0.25, 0.3) is 0 Å². The highest BCUT2D eigenvalue weighted by molar-refractivity contribution is 9.10. The molecular weight excluding hydrogens is 428 g/mol. The summed E-state index contributed by atoms with van der Waals surface area (Å²) < 4.78 is 14.7. The van der Waals surface area contributed by atoms with E-state index in [9.17, 15) is 0 Å². The molecule has 0 radical (unpaired) electrons. The SMILES string of the molecule is CCc1n[nH]c(=S)n1NCc1cc(OC)c(OCc2ccccc2)cc1Br. The number of ether oxygens (including phenoxy) is 2. The number of H-pyrrole nitrogens is 1. The third-order valence-electron chi connectivity index (χ3n) is 4.06. The van der Waals surface area contributed by atoms with Gasteiger partial charge < -0.3 is 14.9 Å². The zero-order chi connectivity index (χ0) is 19.2. The monoisotopic (exact) mass is 448 g/mol. The number of benzene rings is 2. The zero-order valence-corrected chi connectivity index (χ0v) is 17.6. The van der Waals surface area contributed by atoms with Crippen molar-refractivity contribution in [3.63, 3.8) is 0 Å². The number of nitrogens with one attached hydrogen (secondary N) is 2. The number of rotatable bonds is 8. The summed E-state index contributed by atoms with van der Waals surface area (Å²) in [6.45, 7) is 3.06. The van der Waals surface area contributed by atoms with Gasteiger partial charge in [-0.15, -0.1) is 0 Å². The van der Waals surface area contributed by atoms with Crippen LogP contribution in [0.2, 0.25) is 0 Å². The molecule has 0 fully saturated rings. The number of halogens is 1. The number of hydrogen-bond acceptors (Lipinski definition) is 5. The number of aryl methyl sites for hydroxylation is 1. The fraction of sp³-hybridized carbons (Fsp3) is 0.263. The second kappa shape index (κ2) is 9.05. The molecule has 0 bridgehead atoms. The molecule has 0 aliphatic heterocycles. The molecule has 1 heterocycles. The third kappa shape index (κ3) is 4.70. The van der Waals surface area contributed by atoms with Gasteiger partial charge in [-0.1, -0.05) is 53.2 Å². The van der Waals surface area contributed by atoms with Crippen molar-refractivity contribution in [2.24, 2.45) is 0 Å². The van der Waals surface area contributed by atoms with E-state index in [1.165, 1.54) is 0 Å². The summed E-state index contributed by atoms with van der Waals surface area (Å²) in [5.74, 6) is 2.22. The Morgan fingerprint density at radius 1 is 1.22 bits per heavy atom. The lowest BCUT2D eigenvalue weighted by molar-refractivity contribution is 0.284. The number of aromatic amines is 1. The van der Waals surface area contributed by atoms with E-state index in [0.29, 0.717) is 29.4 Å². The summed E-state index contributed by atoms with van der Waals surface area (Å²) in [6, 6.07) is 13.9. The molecule has 0 saturated carbocycles. The van der Waals surface area contributed by atoms with Crippen LogP contribution in [-0.2, 0) is 19.6 Å². The molecule has 0 unspecified atom stereocenters. The van der Waals surface area contributed by atoms with E-state index < -0.39 is 0 Å². The van der Waals surface area contributed by atoms with Crippen molar-refractivity contribution in [3.8, 4) is 11.5 Å². The zero-order valence-electron chi connectivity index (χ0n) is 15.2. The first-order valence-electron chi connectivity index (χ1n) is 8.55. The highest BCUT2D eigenvalue weighted by atomic mass is 79.9. The van der Waals surface area contributed by atoms with Crippen LogP contribution in [-0.4, -0.2) is 22.0 Å². The second-order valence-corrected chi connectivity index (χ2v) is 7.08. The molecule has 2 N–H and O–H groups in total. The molecule has 0 atom stereocenters. The van der Waals surface area contributed by atoms with E-state index in [4.69, 9.17) is 21.7 Å². The van der Waals surface area contributed by atoms with E-state index in [1.807, 2.05) is 49.4 Å². The van der Waals surface area contributed by atoms with Gasteiger partial charge in [-0.05, 0) is 35.5 Å². The Morgan fingerprint density at radius 3 is 2.70 bits per heavy atom. The molecule has 0 amide bonds. The van der Waals surface area contributed by atoms with Crippen LogP contribution in [0.15, 0.2) is 46.9 Å². The Balaban J connectivity index is 1.75. The number of hydrogen-bond donors (Lipinski definition) is 2. The van der Waals surface area contributed by atoms with Gasteiger partial charge in [0.2, 0.25) is 4.77 Å². The Labute approximate surface area is 171 Å². The second-order valence-electron chi connectivity index (χ2n) is 5.84. The number of methoxy groups -OCH3 is 1. The van der Waals surface area contributed by atoms with Gasteiger partial charge in [-0.25, -0.2) is 4.68 Å². The molecule has 0 saturated heterocycles. The topological polar surface area (TPSA) is 64.1 Å². The smallest absolute Gasteiger partial charge is 0.214 e. The molecule has 3 aromatic rings. The van der Waals surface area contributed by atoms with Crippen molar-refractivity contribution >= 4 is 28.1 Å². The average Bonchev–Trinajstić information content (AvgIpc) is 3.06. The van der Waals surface area contributed by atoms with E-state index in [-0.39, 0.29) is 0 Å². The molecule has 27 heavy (non-hydrogen) atoms. The molecule has 1 aromatic heterocycles. The summed E-state index contributed by atoms with van der Waals surface area (Å²) >= 11 is 8.88. The minimum atomic E-state index is 0.477. The van der Waals surface area contributed by atoms with Gasteiger partial charge >= 0.3 is 0 Å². The maximum atomic E-state index is 5.94. The Bertz CT molecular complexity index is 956. The van der Waals surface area contributed by atoms with Crippen LogP contribution in [0.4, 0.5) is 0 Å². The summed E-state index contributed by atoms with van der Waals surface area (Å²) in [7, 11) is 1.64. The van der Waals surface area contributed by atoms with Crippen LogP contribution in [0, 0.1) is 4.77 Å². The fourth-order valence-corrected chi connectivity index (χ4v) is 3.29. The van der Waals surface area contributed by atoms with Crippen LogP contribution in [0.3, 0.4) is 0 Å². The first-order valence-corrected chi connectivity index (χ1v) is 9.75. The third-order valence-corrected chi connectivity index (χ3v) is 5.07. The number of nitrogens with zero attached hydrogens (tertiary/aromatic N) is 2. The standard InChI is InChI=1S/C19H21BrN4O2S/c1-3-18-22-23-19(27)24(18)21-11-14-9-16(25-2)17(10-15(14)20)26-12-13-7-5-4-6-8-13/h4-10,21H,3,11-12H2,1-2H3,(H,23,27). The minimum absolute atomic E-state index is 0.477. The van der Waals surface area contributed by atoms with E-state index in [0.717, 1.165) is 27.8 Å². The normalized spacial score (nSPS) is 10.6. The van der Waals surface area contributed by atoms with Crippen molar-refractivity contribution in [1.82, 2.24) is 14.9 Å². The van der Waals surface area contributed by atoms with Crippen molar-refractivity contribution in [1.29, 1.82) is 0 Å². The first-order chi connectivity index (χ1) is 13.1. The molecule has 0 aliphatic carbocycles. The molecular formula is C19H21BrN4O2S. The van der Waals surface area contributed by atoms with Crippen molar-refractivity contribution in [2.75, 3.05) is 12.5 Å². The molecule has 142 valence electrons. The quantitative estimate of drug-likeness (QED) is 0.493. The van der Waals surface area contributed by atoms with Crippen molar-refractivity contribution in [3.05, 3.63) is 68.7 Å². The van der Waals surface area contributed by atoms with Crippen LogP contribution in [0.5, 0.6) is 11.5 Å². The lowest BCUT2D eigenvalue weighted by Crippen LogP contribution is -2.17. The summed E-state index contributed by atoms with van der Waals surface area (Å²) in [6.07, 6.45) is 0.775. The molecule has 3 rings (SSSR count). The molecule has 8 heteroatoms. The van der Waals surface area contributed by atoms with Gasteiger partial charge in [-0.2, -0.15) is 5.10 Å². The average molecular weight is 449 g/mol. The highest BCUT2D eigenvalue weighted by Crippen LogP contribution is 2.34. The van der Waals surface area contributed by atoms with Crippen molar-refractivity contribution < 1.29 is 9.47 Å². The highest BCUT2D eigenvalue weighted by Gasteiger charge is 2.12. The van der Waals surface area contributed by atoms with Crippen LogP contribution in [0.1, 0.15) is 23.9 Å². The molecule has 6 nitrogen and oxygen atoms in total. The maximum absolute atomic E-state index is 5.94. The van der Waals surface area contributed by atoms with E-state index in [2.05, 4.69) is 31.6 Å². The largest absolute Gasteiger partial charge is 0.493 e. The van der Waals surface area contributed by atoms with Crippen LogP contribution < -0.4 is 14.9 Å². The Kier molecular flexibility index (Phi) is 6.52. The van der Waals surface area contributed by atoms with Gasteiger partial charge in [0.1, 0.15) is 6.61 Å². The van der Waals surface area contributed by atoms with Crippen LogP contribution in [0.25, 0.3) is 0 Å². The van der Waals surface area contributed by atoms with Crippen molar-refractivity contribution in [2.45, 2.75) is 26.5 Å². The van der Waals surface area contributed by atoms with E-state index in [1.54, 1.807) is 11.8 Å². The fourth-order valence-electron chi connectivity index (χ4n) is 2.61. The summed E-state index contributed by atoms with van der Waals surface area (Å²) in [5.41, 5.74) is 5.41. The maximum Gasteiger partial charge on any atom is 0.214 e. The molecule has 0 spiro atoms. The Morgan fingerprint density at radius 2 is 2.00 bits per heavy atom. The lowest BCUT2D eigenvalue weighted by atomic mass is 10.2. The number of aromatic nitrogens is 3. The predicted octanol–water partition coefficient (Wildman–Crippen LogP) is 4.60.